The van der Waals surface area contributed by atoms with E-state index in [9.17, 15) is 18.4 Å². The number of carbonyl (C=O) groups is 2. The van der Waals surface area contributed by atoms with Gasteiger partial charge in [-0.05, 0) is 60.2 Å². The van der Waals surface area contributed by atoms with Gasteiger partial charge in [0, 0.05) is 41.0 Å². The van der Waals surface area contributed by atoms with E-state index in [1.807, 2.05) is 5.38 Å². The van der Waals surface area contributed by atoms with Gasteiger partial charge in [-0.1, -0.05) is 30.5 Å². The third-order valence-corrected chi connectivity index (χ3v) is 7.18. The van der Waals surface area contributed by atoms with Crippen LogP contribution in [-0.2, 0) is 6.54 Å². The SMILES string of the molecule is NC1CCCCC1N(Cc1cc(NC(=O)c2cccs2)ccc1Cl)C(=O)c1cc(F)cc(F)c1. The second kappa shape index (κ2) is 10.6. The molecule has 2 aromatic carbocycles. The largest absolute Gasteiger partial charge is 0.330 e. The molecule has 1 aromatic heterocycles. The lowest BCUT2D eigenvalue weighted by atomic mass is 9.89. The molecule has 2 amide bonds. The molecular formula is C25H24ClF2N3O2S. The van der Waals surface area contributed by atoms with Crippen LogP contribution in [0.3, 0.4) is 0 Å². The van der Waals surface area contributed by atoms with E-state index in [0.29, 0.717) is 27.6 Å². The summed E-state index contributed by atoms with van der Waals surface area (Å²) in [6.07, 6.45) is 3.28. The summed E-state index contributed by atoms with van der Waals surface area (Å²) >= 11 is 7.78. The maximum Gasteiger partial charge on any atom is 0.265 e. The molecule has 1 fully saturated rings. The highest BCUT2D eigenvalue weighted by molar-refractivity contribution is 7.12. The van der Waals surface area contributed by atoms with Gasteiger partial charge in [0.15, 0.2) is 0 Å². The van der Waals surface area contributed by atoms with E-state index in [1.165, 1.54) is 11.3 Å². The maximum atomic E-state index is 13.9. The smallest absolute Gasteiger partial charge is 0.265 e. The zero-order chi connectivity index (χ0) is 24.2. The summed E-state index contributed by atoms with van der Waals surface area (Å²) in [6.45, 7) is 0.0802. The molecule has 1 aliphatic carbocycles. The molecular weight excluding hydrogens is 480 g/mol. The fraction of sp³-hybridized carbons (Fsp3) is 0.280. The second-order valence-electron chi connectivity index (χ2n) is 8.34. The fourth-order valence-electron chi connectivity index (χ4n) is 4.27. The summed E-state index contributed by atoms with van der Waals surface area (Å²) in [5.74, 6) is -2.43. The lowest BCUT2D eigenvalue weighted by molar-refractivity contribution is 0.0582. The maximum absolute atomic E-state index is 13.9. The first-order valence-corrected chi connectivity index (χ1v) is 12.2. The molecule has 3 N–H and O–H groups in total. The van der Waals surface area contributed by atoms with E-state index in [-0.39, 0.29) is 30.1 Å². The van der Waals surface area contributed by atoms with Gasteiger partial charge in [0.1, 0.15) is 11.6 Å². The summed E-state index contributed by atoms with van der Waals surface area (Å²) in [6, 6.07) is 10.7. The Morgan fingerprint density at radius 1 is 1.09 bits per heavy atom. The van der Waals surface area contributed by atoms with Crippen LogP contribution in [0.5, 0.6) is 0 Å². The Labute approximate surface area is 205 Å². The van der Waals surface area contributed by atoms with E-state index in [4.69, 9.17) is 17.3 Å². The first kappa shape index (κ1) is 24.3. The van der Waals surface area contributed by atoms with Crippen LogP contribution in [0.4, 0.5) is 14.5 Å². The van der Waals surface area contributed by atoms with Crippen LogP contribution < -0.4 is 11.1 Å². The minimum atomic E-state index is -0.826. The molecule has 0 saturated heterocycles. The zero-order valence-corrected chi connectivity index (χ0v) is 19.8. The number of nitrogens with two attached hydrogens (primary N) is 1. The van der Waals surface area contributed by atoms with E-state index < -0.39 is 17.5 Å². The number of nitrogens with one attached hydrogen (secondary N) is 1. The van der Waals surface area contributed by atoms with Crippen LogP contribution in [0.25, 0.3) is 0 Å². The van der Waals surface area contributed by atoms with Crippen LogP contribution in [0.15, 0.2) is 53.9 Å². The number of anilines is 1. The van der Waals surface area contributed by atoms with Crippen molar-refractivity contribution in [2.75, 3.05) is 5.32 Å². The van der Waals surface area contributed by atoms with Crippen molar-refractivity contribution < 1.29 is 18.4 Å². The molecule has 0 spiro atoms. The van der Waals surface area contributed by atoms with Crippen LogP contribution >= 0.6 is 22.9 Å². The van der Waals surface area contributed by atoms with E-state index >= 15 is 0 Å². The first-order valence-electron chi connectivity index (χ1n) is 11.0. The number of halogens is 3. The molecule has 0 radical (unpaired) electrons. The van der Waals surface area contributed by atoms with Gasteiger partial charge in [0.25, 0.3) is 11.8 Å². The molecule has 0 bridgehead atoms. The molecule has 0 aliphatic heterocycles. The van der Waals surface area contributed by atoms with Crippen molar-refractivity contribution in [3.05, 3.63) is 86.6 Å². The summed E-state index contributed by atoms with van der Waals surface area (Å²) in [4.78, 5) is 28.0. The van der Waals surface area contributed by atoms with Gasteiger partial charge in [0.05, 0.1) is 4.88 Å². The third-order valence-electron chi connectivity index (χ3n) is 5.94. The number of thiophene rings is 1. The second-order valence-corrected chi connectivity index (χ2v) is 9.70. The number of carbonyl (C=O) groups excluding carboxylic acids is 2. The molecule has 5 nitrogen and oxygen atoms in total. The van der Waals surface area contributed by atoms with Gasteiger partial charge in [-0.25, -0.2) is 8.78 Å². The normalized spacial score (nSPS) is 17.9. The van der Waals surface area contributed by atoms with Gasteiger partial charge in [-0.2, -0.15) is 0 Å². The van der Waals surface area contributed by atoms with E-state index in [2.05, 4.69) is 5.32 Å². The van der Waals surface area contributed by atoms with Gasteiger partial charge < -0.3 is 16.0 Å². The van der Waals surface area contributed by atoms with Crippen molar-refractivity contribution in [1.82, 2.24) is 4.90 Å². The monoisotopic (exact) mass is 503 g/mol. The number of benzene rings is 2. The highest BCUT2D eigenvalue weighted by Crippen LogP contribution is 2.29. The lowest BCUT2D eigenvalue weighted by Crippen LogP contribution is -2.51. The van der Waals surface area contributed by atoms with Crippen molar-refractivity contribution in [3.8, 4) is 0 Å². The van der Waals surface area contributed by atoms with Gasteiger partial charge in [-0.15, -0.1) is 11.3 Å². The summed E-state index contributed by atoms with van der Waals surface area (Å²) in [5.41, 5.74) is 7.39. The molecule has 1 saturated carbocycles. The number of rotatable bonds is 6. The Balaban J connectivity index is 1.64. The lowest BCUT2D eigenvalue weighted by Gasteiger charge is -2.38. The predicted molar refractivity (Wildman–Crippen MR) is 130 cm³/mol. The highest BCUT2D eigenvalue weighted by atomic mass is 35.5. The molecule has 34 heavy (non-hydrogen) atoms. The molecule has 2 unspecified atom stereocenters. The molecule has 178 valence electrons. The first-order chi connectivity index (χ1) is 16.3. The zero-order valence-electron chi connectivity index (χ0n) is 18.3. The van der Waals surface area contributed by atoms with E-state index in [1.54, 1.807) is 35.2 Å². The number of nitrogens with zero attached hydrogens (tertiary/aromatic N) is 1. The molecule has 2 atom stereocenters. The van der Waals surface area contributed by atoms with Gasteiger partial charge >= 0.3 is 0 Å². The number of hydrogen-bond donors (Lipinski definition) is 2. The third kappa shape index (κ3) is 5.63. The topological polar surface area (TPSA) is 75.4 Å². The minimum Gasteiger partial charge on any atom is -0.330 e. The summed E-state index contributed by atoms with van der Waals surface area (Å²) in [5, 5.41) is 5.05. The highest BCUT2D eigenvalue weighted by Gasteiger charge is 2.32. The van der Waals surface area contributed by atoms with E-state index in [0.717, 1.165) is 37.5 Å². The van der Waals surface area contributed by atoms with Crippen molar-refractivity contribution in [2.45, 2.75) is 44.3 Å². The fourth-order valence-corrected chi connectivity index (χ4v) is 5.06. The van der Waals surface area contributed by atoms with Crippen molar-refractivity contribution in [3.63, 3.8) is 0 Å². The van der Waals surface area contributed by atoms with Crippen LogP contribution in [0.1, 0.15) is 51.3 Å². The number of hydrogen-bond acceptors (Lipinski definition) is 4. The predicted octanol–water partition coefficient (Wildman–Crippen LogP) is 5.84. The number of amides is 2. The van der Waals surface area contributed by atoms with Gasteiger partial charge in [0.2, 0.25) is 0 Å². The Kier molecular flexibility index (Phi) is 7.60. The Morgan fingerprint density at radius 3 is 2.50 bits per heavy atom. The Bertz CT molecular complexity index is 1170. The summed E-state index contributed by atoms with van der Waals surface area (Å²) < 4.78 is 27.7. The minimum absolute atomic E-state index is 0.0802. The Hall–Kier alpha value is -2.81. The van der Waals surface area contributed by atoms with Gasteiger partial charge in [-0.3, -0.25) is 9.59 Å². The van der Waals surface area contributed by atoms with Crippen molar-refractivity contribution >= 4 is 40.4 Å². The average Bonchev–Trinajstić information content (AvgIpc) is 3.34. The molecule has 4 rings (SSSR count). The van der Waals surface area contributed by atoms with Crippen molar-refractivity contribution in [2.24, 2.45) is 5.73 Å². The average molecular weight is 504 g/mol. The summed E-state index contributed by atoms with van der Waals surface area (Å²) in [7, 11) is 0. The molecule has 1 heterocycles. The van der Waals surface area contributed by atoms with Crippen LogP contribution in [0.2, 0.25) is 5.02 Å². The van der Waals surface area contributed by atoms with Crippen molar-refractivity contribution in [1.29, 1.82) is 0 Å². The Morgan fingerprint density at radius 2 is 1.82 bits per heavy atom. The standard InChI is InChI=1S/C25H24ClF2N3O2S/c26-20-8-7-19(30-24(32)23-6-3-9-34-23)12-16(20)14-31(22-5-2-1-4-21(22)29)25(33)15-10-17(27)13-18(28)11-15/h3,6-13,21-22H,1-2,4-5,14,29H2,(H,30,32). The molecule has 9 heteroatoms. The molecule has 3 aromatic rings. The van der Waals surface area contributed by atoms with Crippen LogP contribution in [0, 0.1) is 11.6 Å². The molecule has 1 aliphatic rings. The van der Waals surface area contributed by atoms with Crippen LogP contribution in [-0.4, -0.2) is 28.8 Å². The quantitative estimate of drug-likeness (QED) is 0.443.